The third-order valence-corrected chi connectivity index (χ3v) is 6.20. The predicted molar refractivity (Wildman–Crippen MR) is 154 cm³/mol. The van der Waals surface area contributed by atoms with E-state index < -0.39 is 24.0 Å². The molecule has 0 saturated carbocycles. The SMILES string of the molecule is C=C(C)C(=O)NC(Cc1ccccc1)C(=O)OCCCCCCOC(=O)C(Cc1ccccc1)NC(=O)C(C)C. The maximum absolute atomic E-state index is 12.7. The third-order valence-electron chi connectivity index (χ3n) is 6.20. The largest absolute Gasteiger partial charge is 0.464 e. The van der Waals surface area contributed by atoms with Gasteiger partial charge in [-0.3, -0.25) is 9.59 Å². The summed E-state index contributed by atoms with van der Waals surface area (Å²) in [7, 11) is 0. The first kappa shape index (κ1) is 32.3. The van der Waals surface area contributed by atoms with Crippen molar-refractivity contribution in [3.8, 4) is 0 Å². The fourth-order valence-electron chi connectivity index (χ4n) is 3.81. The fraction of sp³-hybridized carbons (Fsp3) is 0.438. The Morgan fingerprint density at radius 1 is 0.700 bits per heavy atom. The lowest BCUT2D eigenvalue weighted by Gasteiger charge is -2.19. The highest BCUT2D eigenvalue weighted by molar-refractivity contribution is 5.95. The average molecular weight is 551 g/mol. The minimum absolute atomic E-state index is 0.197. The summed E-state index contributed by atoms with van der Waals surface area (Å²) in [5.74, 6) is -1.76. The van der Waals surface area contributed by atoms with Gasteiger partial charge in [0.15, 0.2) is 0 Å². The second-order valence-electron chi connectivity index (χ2n) is 10.2. The Bertz CT molecular complexity index is 1100. The molecule has 2 atom stereocenters. The summed E-state index contributed by atoms with van der Waals surface area (Å²) in [6.45, 7) is 9.24. The van der Waals surface area contributed by atoms with Crippen LogP contribution < -0.4 is 10.6 Å². The van der Waals surface area contributed by atoms with Crippen LogP contribution in [-0.4, -0.2) is 49.1 Å². The zero-order valence-electron chi connectivity index (χ0n) is 23.8. The maximum atomic E-state index is 12.7. The molecule has 2 amide bonds. The molecule has 0 spiro atoms. The van der Waals surface area contributed by atoms with Crippen LogP contribution in [0, 0.1) is 5.92 Å². The number of carbonyl (C=O) groups is 4. The molecule has 8 nitrogen and oxygen atoms in total. The van der Waals surface area contributed by atoms with E-state index in [1.54, 1.807) is 20.8 Å². The Labute approximate surface area is 237 Å². The van der Waals surface area contributed by atoms with E-state index in [-0.39, 0.29) is 30.9 Å². The highest BCUT2D eigenvalue weighted by Crippen LogP contribution is 2.09. The molecule has 216 valence electrons. The van der Waals surface area contributed by atoms with Crippen molar-refractivity contribution in [1.82, 2.24) is 10.6 Å². The molecule has 0 saturated heterocycles. The molecule has 0 aliphatic rings. The van der Waals surface area contributed by atoms with Crippen molar-refractivity contribution in [2.24, 2.45) is 5.92 Å². The van der Waals surface area contributed by atoms with Gasteiger partial charge >= 0.3 is 11.9 Å². The van der Waals surface area contributed by atoms with Crippen LogP contribution in [0.15, 0.2) is 72.8 Å². The summed E-state index contributed by atoms with van der Waals surface area (Å²) < 4.78 is 10.9. The van der Waals surface area contributed by atoms with Crippen LogP contribution in [0.2, 0.25) is 0 Å². The van der Waals surface area contributed by atoms with Crippen LogP contribution in [0.3, 0.4) is 0 Å². The van der Waals surface area contributed by atoms with Gasteiger partial charge < -0.3 is 20.1 Å². The summed E-state index contributed by atoms with van der Waals surface area (Å²) >= 11 is 0. The number of benzene rings is 2. The van der Waals surface area contributed by atoms with Gasteiger partial charge in [0, 0.05) is 24.3 Å². The number of nitrogens with one attached hydrogen (secondary N) is 2. The summed E-state index contributed by atoms with van der Waals surface area (Å²) in [6, 6.07) is 17.4. The van der Waals surface area contributed by atoms with Gasteiger partial charge in [0.1, 0.15) is 12.1 Å². The number of ether oxygens (including phenoxy) is 2. The quantitative estimate of drug-likeness (QED) is 0.172. The highest BCUT2D eigenvalue weighted by atomic mass is 16.5. The molecule has 0 aliphatic carbocycles. The number of esters is 2. The number of amides is 2. The van der Waals surface area contributed by atoms with Crippen molar-refractivity contribution in [1.29, 1.82) is 0 Å². The molecule has 2 unspecified atom stereocenters. The monoisotopic (exact) mass is 550 g/mol. The van der Waals surface area contributed by atoms with E-state index in [1.165, 1.54) is 0 Å². The van der Waals surface area contributed by atoms with Crippen molar-refractivity contribution >= 4 is 23.8 Å². The topological polar surface area (TPSA) is 111 Å². The van der Waals surface area contributed by atoms with Crippen molar-refractivity contribution in [2.75, 3.05) is 13.2 Å². The van der Waals surface area contributed by atoms with Gasteiger partial charge in [-0.25, -0.2) is 9.59 Å². The molecule has 0 heterocycles. The lowest BCUT2D eigenvalue weighted by Crippen LogP contribution is -2.45. The first-order valence-corrected chi connectivity index (χ1v) is 13.8. The molecule has 40 heavy (non-hydrogen) atoms. The van der Waals surface area contributed by atoms with E-state index in [2.05, 4.69) is 17.2 Å². The second-order valence-corrected chi connectivity index (χ2v) is 10.2. The summed E-state index contributed by atoms with van der Waals surface area (Å²) in [6.07, 6.45) is 3.55. The Hall–Kier alpha value is -3.94. The van der Waals surface area contributed by atoms with E-state index in [1.807, 2.05) is 60.7 Å². The molecule has 2 N–H and O–H groups in total. The first-order chi connectivity index (χ1) is 19.2. The molecule has 2 rings (SSSR count). The van der Waals surface area contributed by atoms with Gasteiger partial charge in [-0.05, 0) is 43.7 Å². The predicted octanol–water partition coefficient (Wildman–Crippen LogP) is 4.32. The maximum Gasteiger partial charge on any atom is 0.328 e. The molecule has 0 bridgehead atoms. The molecular weight excluding hydrogens is 508 g/mol. The molecule has 0 aliphatic heterocycles. The van der Waals surface area contributed by atoms with Crippen molar-refractivity contribution in [3.05, 3.63) is 83.9 Å². The van der Waals surface area contributed by atoms with Gasteiger partial charge in [-0.1, -0.05) is 81.1 Å². The second kappa shape index (κ2) is 17.6. The third kappa shape index (κ3) is 12.3. The van der Waals surface area contributed by atoms with Gasteiger partial charge in [-0.2, -0.15) is 0 Å². The standard InChI is InChI=1S/C32H42N2O6/c1-23(2)29(35)33-27(21-25-15-9-7-10-16-25)31(37)39-19-13-5-6-14-20-40-32(38)28(34-30(36)24(3)4)22-26-17-11-8-12-18-26/h7-12,15-18,24,27-28H,1,5-6,13-14,19-22H2,2-4H3,(H,33,35)(H,34,36). The molecule has 0 radical (unpaired) electrons. The normalized spacial score (nSPS) is 12.2. The Kier molecular flexibility index (Phi) is 14.2. The van der Waals surface area contributed by atoms with Gasteiger partial charge in [0.2, 0.25) is 11.8 Å². The molecule has 2 aromatic carbocycles. The van der Waals surface area contributed by atoms with Crippen molar-refractivity contribution in [3.63, 3.8) is 0 Å². The number of carbonyl (C=O) groups excluding carboxylic acids is 4. The molecule has 0 aromatic heterocycles. The Balaban J connectivity index is 1.72. The lowest BCUT2D eigenvalue weighted by molar-refractivity contribution is -0.148. The first-order valence-electron chi connectivity index (χ1n) is 13.8. The van der Waals surface area contributed by atoms with Crippen LogP contribution in [0.5, 0.6) is 0 Å². The minimum Gasteiger partial charge on any atom is -0.464 e. The van der Waals surface area contributed by atoms with Gasteiger partial charge in [-0.15, -0.1) is 0 Å². The minimum atomic E-state index is -0.800. The summed E-state index contributed by atoms with van der Waals surface area (Å²) in [4.78, 5) is 49.7. The highest BCUT2D eigenvalue weighted by Gasteiger charge is 2.24. The van der Waals surface area contributed by atoms with E-state index in [4.69, 9.17) is 9.47 Å². The molecule has 0 fully saturated rings. The van der Waals surface area contributed by atoms with Gasteiger partial charge in [0.25, 0.3) is 0 Å². The van der Waals surface area contributed by atoms with Crippen LogP contribution in [0.4, 0.5) is 0 Å². The van der Waals surface area contributed by atoms with Crippen LogP contribution in [-0.2, 0) is 41.5 Å². The van der Waals surface area contributed by atoms with Crippen LogP contribution in [0.1, 0.15) is 57.6 Å². The van der Waals surface area contributed by atoms with Crippen LogP contribution in [0.25, 0.3) is 0 Å². The number of rotatable bonds is 17. The zero-order valence-corrected chi connectivity index (χ0v) is 23.8. The van der Waals surface area contributed by atoms with E-state index in [0.29, 0.717) is 31.3 Å². The van der Waals surface area contributed by atoms with E-state index in [9.17, 15) is 19.2 Å². The Morgan fingerprint density at radius 3 is 1.52 bits per heavy atom. The smallest absolute Gasteiger partial charge is 0.328 e. The van der Waals surface area contributed by atoms with Crippen LogP contribution >= 0.6 is 0 Å². The number of unbranched alkanes of at least 4 members (excludes halogenated alkanes) is 3. The average Bonchev–Trinajstić information content (AvgIpc) is 2.94. The number of hydrogen-bond acceptors (Lipinski definition) is 6. The van der Waals surface area contributed by atoms with Crippen molar-refractivity contribution < 1.29 is 28.7 Å². The molecule has 2 aromatic rings. The van der Waals surface area contributed by atoms with E-state index in [0.717, 1.165) is 24.0 Å². The summed E-state index contributed by atoms with van der Waals surface area (Å²) in [5, 5.41) is 5.49. The zero-order chi connectivity index (χ0) is 29.3. The van der Waals surface area contributed by atoms with Gasteiger partial charge in [0.05, 0.1) is 13.2 Å². The lowest BCUT2D eigenvalue weighted by atomic mass is 10.0. The molecule has 8 heteroatoms. The summed E-state index contributed by atoms with van der Waals surface area (Å²) in [5.41, 5.74) is 2.17. The molecular formula is C32H42N2O6. The Morgan fingerprint density at radius 2 is 1.12 bits per heavy atom. The fourth-order valence-corrected chi connectivity index (χ4v) is 3.81. The van der Waals surface area contributed by atoms with Crippen molar-refractivity contribution in [2.45, 2.75) is 71.4 Å². The van der Waals surface area contributed by atoms with E-state index >= 15 is 0 Å². The number of hydrogen-bond donors (Lipinski definition) is 2.